The maximum atomic E-state index is 11.8. The Balaban J connectivity index is 1.71. The van der Waals surface area contributed by atoms with Gasteiger partial charge < -0.3 is 9.88 Å². The third kappa shape index (κ3) is 5.35. The molecule has 1 aromatic carbocycles. The number of carbonyl (C=O) groups is 1. The predicted molar refractivity (Wildman–Crippen MR) is 89.7 cm³/mol. The Kier molecular flexibility index (Phi) is 6.24. The fourth-order valence-corrected chi connectivity index (χ4v) is 2.28. The van der Waals surface area contributed by atoms with Crippen LogP contribution >= 0.6 is 0 Å². The van der Waals surface area contributed by atoms with Crippen molar-refractivity contribution in [2.24, 2.45) is 0 Å². The Bertz CT molecular complexity index is 756. The van der Waals surface area contributed by atoms with Gasteiger partial charge in [0.1, 0.15) is 0 Å². The summed E-state index contributed by atoms with van der Waals surface area (Å²) in [5.74, 6) is -0.0475. The minimum Gasteiger partial charge on any atom is -0.356 e. The lowest BCUT2D eigenvalue weighted by Crippen LogP contribution is -2.26. The fraction of sp³-hybridized carbons (Fsp3) is 0.294. The molecule has 1 N–H and O–H groups in total. The van der Waals surface area contributed by atoms with E-state index in [9.17, 15) is 19.7 Å². The van der Waals surface area contributed by atoms with Gasteiger partial charge in [-0.3, -0.25) is 19.7 Å². The zero-order valence-corrected chi connectivity index (χ0v) is 13.2. The van der Waals surface area contributed by atoms with Crippen molar-refractivity contribution in [3.05, 3.63) is 74.7 Å². The van der Waals surface area contributed by atoms with E-state index in [2.05, 4.69) is 5.32 Å². The molecule has 2 aromatic rings. The van der Waals surface area contributed by atoms with Crippen LogP contribution in [0.2, 0.25) is 0 Å². The molecule has 1 heterocycles. The Morgan fingerprint density at radius 1 is 1.12 bits per heavy atom. The molecule has 0 aliphatic rings. The van der Waals surface area contributed by atoms with Crippen molar-refractivity contribution in [3.8, 4) is 0 Å². The van der Waals surface area contributed by atoms with E-state index in [1.165, 1.54) is 22.9 Å². The fourth-order valence-electron chi connectivity index (χ4n) is 2.28. The predicted octanol–water partition coefficient (Wildman–Crippen LogP) is 1.90. The maximum Gasteiger partial charge on any atom is 0.285 e. The molecule has 7 nitrogen and oxygen atoms in total. The third-order valence-electron chi connectivity index (χ3n) is 3.53. The van der Waals surface area contributed by atoms with E-state index in [1.54, 1.807) is 0 Å². The number of rotatable bonds is 8. The van der Waals surface area contributed by atoms with Crippen molar-refractivity contribution in [1.29, 1.82) is 0 Å². The van der Waals surface area contributed by atoms with Crippen LogP contribution in [-0.4, -0.2) is 21.9 Å². The van der Waals surface area contributed by atoms with Crippen molar-refractivity contribution in [2.45, 2.75) is 25.8 Å². The second kappa shape index (κ2) is 8.61. The van der Waals surface area contributed by atoms with E-state index >= 15 is 0 Å². The standard InChI is InChI=1S/C17H19N3O4/c21-16(12-14-6-2-1-3-7-14)18-10-4-5-11-19-13-15(20(23)24)8-9-17(19)22/h1-3,6-9,13H,4-5,10-12H2,(H,18,21). The third-order valence-corrected chi connectivity index (χ3v) is 3.53. The molecule has 0 atom stereocenters. The van der Waals surface area contributed by atoms with Gasteiger partial charge in [-0.05, 0) is 18.4 Å². The van der Waals surface area contributed by atoms with Crippen LogP contribution in [0.15, 0.2) is 53.5 Å². The molecule has 1 amide bonds. The average molecular weight is 329 g/mol. The number of carbonyl (C=O) groups excluding carboxylic acids is 1. The van der Waals surface area contributed by atoms with Gasteiger partial charge >= 0.3 is 0 Å². The van der Waals surface area contributed by atoms with Gasteiger partial charge in [-0.2, -0.15) is 0 Å². The first-order valence-corrected chi connectivity index (χ1v) is 7.72. The molecule has 126 valence electrons. The van der Waals surface area contributed by atoms with Gasteiger partial charge in [0.15, 0.2) is 0 Å². The van der Waals surface area contributed by atoms with Gasteiger partial charge in [-0.25, -0.2) is 0 Å². The highest BCUT2D eigenvalue weighted by atomic mass is 16.6. The lowest BCUT2D eigenvalue weighted by molar-refractivity contribution is -0.385. The first-order chi connectivity index (χ1) is 11.6. The van der Waals surface area contributed by atoms with Crippen molar-refractivity contribution < 1.29 is 9.72 Å². The van der Waals surface area contributed by atoms with Crippen LogP contribution in [0.5, 0.6) is 0 Å². The molecule has 7 heteroatoms. The smallest absolute Gasteiger partial charge is 0.285 e. The second-order valence-electron chi connectivity index (χ2n) is 5.40. The summed E-state index contributed by atoms with van der Waals surface area (Å²) in [6, 6.07) is 11.9. The summed E-state index contributed by atoms with van der Waals surface area (Å²) in [5, 5.41) is 13.5. The van der Waals surface area contributed by atoms with E-state index in [-0.39, 0.29) is 17.2 Å². The van der Waals surface area contributed by atoms with Gasteiger partial charge in [0.2, 0.25) is 5.91 Å². The van der Waals surface area contributed by atoms with Crippen LogP contribution in [0, 0.1) is 10.1 Å². The van der Waals surface area contributed by atoms with Crippen molar-refractivity contribution >= 4 is 11.6 Å². The maximum absolute atomic E-state index is 11.8. The first-order valence-electron chi connectivity index (χ1n) is 7.72. The average Bonchev–Trinajstić information content (AvgIpc) is 2.56. The van der Waals surface area contributed by atoms with Gasteiger partial charge in [-0.1, -0.05) is 30.3 Å². The monoisotopic (exact) mass is 329 g/mol. The number of benzene rings is 1. The SMILES string of the molecule is O=C(Cc1ccccc1)NCCCCn1cc([N+](=O)[O-])ccc1=O. The number of aryl methyl sites for hydroxylation is 1. The molecular weight excluding hydrogens is 310 g/mol. The minimum absolute atomic E-state index is 0.0475. The largest absolute Gasteiger partial charge is 0.356 e. The van der Waals surface area contributed by atoms with Crippen LogP contribution in [0.1, 0.15) is 18.4 Å². The Morgan fingerprint density at radius 2 is 1.88 bits per heavy atom. The highest BCUT2D eigenvalue weighted by Crippen LogP contribution is 2.07. The summed E-state index contributed by atoms with van der Waals surface area (Å²) >= 11 is 0. The number of nitro groups is 1. The number of unbranched alkanes of at least 4 members (excludes halogenated alkanes) is 1. The molecule has 0 fully saturated rings. The summed E-state index contributed by atoms with van der Waals surface area (Å²) in [5.41, 5.74) is 0.581. The zero-order valence-electron chi connectivity index (χ0n) is 13.2. The highest BCUT2D eigenvalue weighted by molar-refractivity contribution is 5.78. The number of amides is 1. The molecule has 0 bridgehead atoms. The molecule has 0 aliphatic carbocycles. The molecule has 1 aromatic heterocycles. The van der Waals surface area contributed by atoms with Crippen LogP contribution in [0.25, 0.3) is 0 Å². The number of hydrogen-bond acceptors (Lipinski definition) is 4. The van der Waals surface area contributed by atoms with Crippen LogP contribution < -0.4 is 10.9 Å². The first kappa shape index (κ1) is 17.4. The van der Waals surface area contributed by atoms with Crippen LogP contribution in [0.4, 0.5) is 5.69 Å². The van der Waals surface area contributed by atoms with E-state index in [1.807, 2.05) is 30.3 Å². The Morgan fingerprint density at radius 3 is 2.58 bits per heavy atom. The van der Waals surface area contributed by atoms with Gasteiger partial charge in [0, 0.05) is 25.2 Å². The lowest BCUT2D eigenvalue weighted by atomic mass is 10.1. The van der Waals surface area contributed by atoms with E-state index < -0.39 is 4.92 Å². The summed E-state index contributed by atoms with van der Waals surface area (Å²) in [6.45, 7) is 0.893. The number of nitrogens with one attached hydrogen (secondary N) is 1. The zero-order chi connectivity index (χ0) is 17.4. The summed E-state index contributed by atoms with van der Waals surface area (Å²) in [4.78, 5) is 33.6. The van der Waals surface area contributed by atoms with Gasteiger partial charge in [0.05, 0.1) is 17.5 Å². The Hall–Kier alpha value is -2.96. The molecule has 0 spiro atoms. The molecule has 0 radical (unpaired) electrons. The van der Waals surface area contributed by atoms with Gasteiger partial charge in [-0.15, -0.1) is 0 Å². The number of nitrogens with zero attached hydrogens (tertiary/aromatic N) is 2. The molecule has 0 aliphatic heterocycles. The summed E-state index contributed by atoms with van der Waals surface area (Å²) < 4.78 is 1.32. The van der Waals surface area contributed by atoms with Crippen molar-refractivity contribution in [1.82, 2.24) is 9.88 Å². The number of hydrogen-bond donors (Lipinski definition) is 1. The topological polar surface area (TPSA) is 94.2 Å². The summed E-state index contributed by atoms with van der Waals surface area (Å²) in [7, 11) is 0. The van der Waals surface area contributed by atoms with Gasteiger partial charge in [0.25, 0.3) is 11.2 Å². The number of pyridine rings is 1. The van der Waals surface area contributed by atoms with E-state index in [0.717, 1.165) is 5.56 Å². The van der Waals surface area contributed by atoms with E-state index in [0.29, 0.717) is 32.4 Å². The summed E-state index contributed by atoms with van der Waals surface area (Å²) in [6.07, 6.45) is 2.92. The highest BCUT2D eigenvalue weighted by Gasteiger charge is 2.07. The molecule has 0 unspecified atom stereocenters. The number of aromatic nitrogens is 1. The van der Waals surface area contributed by atoms with Crippen LogP contribution in [0.3, 0.4) is 0 Å². The molecule has 0 saturated carbocycles. The molecule has 2 rings (SSSR count). The second-order valence-corrected chi connectivity index (χ2v) is 5.40. The van der Waals surface area contributed by atoms with E-state index in [4.69, 9.17) is 0 Å². The quantitative estimate of drug-likeness (QED) is 0.454. The Labute approximate surface area is 139 Å². The minimum atomic E-state index is -0.528. The van der Waals surface area contributed by atoms with Crippen molar-refractivity contribution in [3.63, 3.8) is 0 Å². The molecule has 24 heavy (non-hydrogen) atoms. The lowest BCUT2D eigenvalue weighted by Gasteiger charge is -2.07. The molecular formula is C17H19N3O4. The van der Waals surface area contributed by atoms with Crippen LogP contribution in [-0.2, 0) is 17.8 Å². The normalized spacial score (nSPS) is 10.3. The molecule has 0 saturated heterocycles. The van der Waals surface area contributed by atoms with Crippen molar-refractivity contribution in [2.75, 3.05) is 6.54 Å².